The van der Waals surface area contributed by atoms with E-state index < -0.39 is 0 Å². The number of piperazine rings is 1. The standard InChI is InChI=1S/C14H23N5O2/c1-4-11-10(12(5-2)18(3)17-11)8-16-14(21)19-7-6-15-13(20)9-19/h4-9H2,1-3H3,(H,15,20)(H,16,21). The van der Waals surface area contributed by atoms with Crippen LogP contribution in [0.25, 0.3) is 0 Å². The number of aromatic nitrogens is 2. The zero-order valence-corrected chi connectivity index (χ0v) is 12.9. The van der Waals surface area contributed by atoms with Crippen molar-refractivity contribution in [3.8, 4) is 0 Å². The van der Waals surface area contributed by atoms with Crippen molar-refractivity contribution in [1.82, 2.24) is 25.3 Å². The molecule has 0 saturated carbocycles. The van der Waals surface area contributed by atoms with Crippen molar-refractivity contribution in [3.63, 3.8) is 0 Å². The van der Waals surface area contributed by atoms with E-state index in [-0.39, 0.29) is 18.5 Å². The first-order valence-electron chi connectivity index (χ1n) is 7.39. The Labute approximate surface area is 124 Å². The Hall–Kier alpha value is -2.05. The number of amides is 3. The van der Waals surface area contributed by atoms with Crippen molar-refractivity contribution in [1.29, 1.82) is 0 Å². The first kappa shape index (κ1) is 15.3. The first-order chi connectivity index (χ1) is 10.1. The van der Waals surface area contributed by atoms with Crippen LogP contribution in [0.5, 0.6) is 0 Å². The van der Waals surface area contributed by atoms with E-state index in [4.69, 9.17) is 0 Å². The Balaban J connectivity index is 2.02. The first-order valence-corrected chi connectivity index (χ1v) is 7.39. The molecule has 2 rings (SSSR count). The SMILES string of the molecule is CCc1nn(C)c(CC)c1CNC(=O)N1CCNC(=O)C1. The summed E-state index contributed by atoms with van der Waals surface area (Å²) in [6.45, 7) is 5.78. The highest BCUT2D eigenvalue weighted by Gasteiger charge is 2.22. The number of carbonyl (C=O) groups excluding carboxylic acids is 2. The fraction of sp³-hybridized carbons (Fsp3) is 0.643. The molecule has 7 nitrogen and oxygen atoms in total. The quantitative estimate of drug-likeness (QED) is 0.831. The van der Waals surface area contributed by atoms with Crippen LogP contribution in [-0.4, -0.2) is 46.3 Å². The molecule has 0 bridgehead atoms. The molecule has 0 radical (unpaired) electrons. The number of carbonyl (C=O) groups is 2. The van der Waals surface area contributed by atoms with Gasteiger partial charge in [-0.25, -0.2) is 4.79 Å². The maximum absolute atomic E-state index is 12.1. The van der Waals surface area contributed by atoms with Gasteiger partial charge in [-0.2, -0.15) is 5.10 Å². The Morgan fingerprint density at radius 3 is 2.76 bits per heavy atom. The second-order valence-electron chi connectivity index (χ2n) is 5.13. The second-order valence-corrected chi connectivity index (χ2v) is 5.13. The molecule has 0 aliphatic carbocycles. The molecule has 7 heteroatoms. The van der Waals surface area contributed by atoms with Crippen LogP contribution in [0.2, 0.25) is 0 Å². The van der Waals surface area contributed by atoms with Crippen molar-refractivity contribution in [3.05, 3.63) is 17.0 Å². The molecular formula is C14H23N5O2. The molecule has 0 spiro atoms. The van der Waals surface area contributed by atoms with Gasteiger partial charge in [-0.1, -0.05) is 13.8 Å². The van der Waals surface area contributed by atoms with E-state index in [2.05, 4.69) is 29.6 Å². The molecule has 2 heterocycles. The third-order valence-corrected chi connectivity index (χ3v) is 3.77. The highest BCUT2D eigenvalue weighted by molar-refractivity contribution is 5.85. The monoisotopic (exact) mass is 293 g/mol. The molecule has 1 aromatic heterocycles. The summed E-state index contributed by atoms with van der Waals surface area (Å²) in [4.78, 5) is 25.0. The summed E-state index contributed by atoms with van der Waals surface area (Å²) in [6, 6.07) is -0.196. The molecule has 0 aromatic carbocycles. The summed E-state index contributed by atoms with van der Waals surface area (Å²) in [5.41, 5.74) is 3.26. The predicted molar refractivity (Wildman–Crippen MR) is 78.8 cm³/mol. The Bertz CT molecular complexity index is 538. The zero-order valence-electron chi connectivity index (χ0n) is 12.9. The van der Waals surface area contributed by atoms with Gasteiger partial charge in [0.1, 0.15) is 6.54 Å². The lowest BCUT2D eigenvalue weighted by Crippen LogP contribution is -2.52. The molecule has 0 unspecified atom stereocenters. The van der Waals surface area contributed by atoms with Gasteiger partial charge in [0.05, 0.1) is 5.69 Å². The highest BCUT2D eigenvalue weighted by atomic mass is 16.2. The van der Waals surface area contributed by atoms with Crippen LogP contribution in [0.4, 0.5) is 4.79 Å². The van der Waals surface area contributed by atoms with Crippen LogP contribution in [0.15, 0.2) is 0 Å². The molecule has 116 valence electrons. The van der Waals surface area contributed by atoms with Crippen molar-refractivity contribution < 1.29 is 9.59 Å². The van der Waals surface area contributed by atoms with Gasteiger partial charge < -0.3 is 15.5 Å². The summed E-state index contributed by atoms with van der Waals surface area (Å²) < 4.78 is 1.88. The molecule has 21 heavy (non-hydrogen) atoms. The van der Waals surface area contributed by atoms with Gasteiger partial charge in [0.2, 0.25) is 5.91 Å². The molecule has 3 amide bonds. The van der Waals surface area contributed by atoms with Crippen LogP contribution in [0, 0.1) is 0 Å². The van der Waals surface area contributed by atoms with Gasteiger partial charge in [0.25, 0.3) is 0 Å². The van der Waals surface area contributed by atoms with Crippen molar-refractivity contribution in [2.45, 2.75) is 33.2 Å². The lowest BCUT2D eigenvalue weighted by Gasteiger charge is -2.26. The van der Waals surface area contributed by atoms with Crippen molar-refractivity contribution in [2.75, 3.05) is 19.6 Å². The molecular weight excluding hydrogens is 270 g/mol. The van der Waals surface area contributed by atoms with E-state index in [0.29, 0.717) is 19.6 Å². The van der Waals surface area contributed by atoms with Crippen LogP contribution in [-0.2, 0) is 31.2 Å². The molecule has 1 saturated heterocycles. The normalized spacial score (nSPS) is 15.0. The van der Waals surface area contributed by atoms with Crippen LogP contribution < -0.4 is 10.6 Å². The Morgan fingerprint density at radius 2 is 2.14 bits per heavy atom. The molecule has 0 atom stereocenters. The maximum atomic E-state index is 12.1. The van der Waals surface area contributed by atoms with Crippen LogP contribution in [0.3, 0.4) is 0 Å². The van der Waals surface area contributed by atoms with Crippen LogP contribution >= 0.6 is 0 Å². The van der Waals surface area contributed by atoms with E-state index in [1.807, 2.05) is 11.7 Å². The predicted octanol–water partition coefficient (Wildman–Crippen LogP) is 0.186. The summed E-state index contributed by atoms with van der Waals surface area (Å²) in [5, 5.41) is 10.1. The van der Waals surface area contributed by atoms with E-state index in [9.17, 15) is 9.59 Å². The van der Waals surface area contributed by atoms with Crippen molar-refractivity contribution in [2.24, 2.45) is 7.05 Å². The number of hydrogen-bond acceptors (Lipinski definition) is 3. The highest BCUT2D eigenvalue weighted by Crippen LogP contribution is 2.15. The van der Waals surface area contributed by atoms with Crippen molar-refractivity contribution >= 4 is 11.9 Å². The average Bonchev–Trinajstić information content (AvgIpc) is 2.79. The van der Waals surface area contributed by atoms with E-state index >= 15 is 0 Å². The Kier molecular flexibility index (Phi) is 4.82. The van der Waals surface area contributed by atoms with Gasteiger partial charge in [0, 0.05) is 37.9 Å². The summed E-state index contributed by atoms with van der Waals surface area (Å²) in [7, 11) is 1.93. The third kappa shape index (κ3) is 3.34. The molecule has 2 N–H and O–H groups in total. The van der Waals surface area contributed by atoms with Gasteiger partial charge in [-0.3, -0.25) is 9.48 Å². The number of nitrogens with one attached hydrogen (secondary N) is 2. The zero-order chi connectivity index (χ0) is 15.4. The maximum Gasteiger partial charge on any atom is 0.318 e. The fourth-order valence-corrected chi connectivity index (χ4v) is 2.68. The summed E-state index contributed by atoms with van der Waals surface area (Å²) >= 11 is 0. The molecule has 1 aromatic rings. The molecule has 1 fully saturated rings. The lowest BCUT2D eigenvalue weighted by molar-refractivity contribution is -0.123. The smallest absolute Gasteiger partial charge is 0.318 e. The summed E-state index contributed by atoms with van der Waals surface area (Å²) in [5.74, 6) is -0.110. The number of nitrogens with zero attached hydrogens (tertiary/aromatic N) is 3. The topological polar surface area (TPSA) is 79.3 Å². The second kappa shape index (κ2) is 6.60. The number of hydrogen-bond donors (Lipinski definition) is 2. The van der Waals surface area contributed by atoms with Gasteiger partial charge in [-0.05, 0) is 12.8 Å². The van der Waals surface area contributed by atoms with Gasteiger partial charge in [-0.15, -0.1) is 0 Å². The number of aryl methyl sites for hydroxylation is 2. The minimum Gasteiger partial charge on any atom is -0.353 e. The third-order valence-electron chi connectivity index (χ3n) is 3.77. The largest absolute Gasteiger partial charge is 0.353 e. The minimum atomic E-state index is -0.196. The number of urea groups is 1. The van der Waals surface area contributed by atoms with E-state index in [1.165, 1.54) is 4.90 Å². The fourth-order valence-electron chi connectivity index (χ4n) is 2.68. The van der Waals surface area contributed by atoms with Crippen LogP contribution in [0.1, 0.15) is 30.8 Å². The lowest BCUT2D eigenvalue weighted by atomic mass is 10.1. The molecule has 1 aliphatic heterocycles. The van der Waals surface area contributed by atoms with Gasteiger partial charge in [0.15, 0.2) is 0 Å². The van der Waals surface area contributed by atoms with E-state index in [0.717, 1.165) is 29.8 Å². The average molecular weight is 293 g/mol. The Morgan fingerprint density at radius 1 is 1.38 bits per heavy atom. The summed E-state index contributed by atoms with van der Waals surface area (Å²) in [6.07, 6.45) is 1.71. The molecule has 1 aliphatic rings. The van der Waals surface area contributed by atoms with E-state index in [1.54, 1.807) is 0 Å². The number of rotatable bonds is 4. The van der Waals surface area contributed by atoms with Gasteiger partial charge >= 0.3 is 6.03 Å². The minimum absolute atomic E-state index is 0.110.